The van der Waals surface area contributed by atoms with Crippen LogP contribution in [-0.2, 0) is 20.9 Å². The number of hydrogen-bond acceptors (Lipinski definition) is 4. The van der Waals surface area contributed by atoms with Crippen LogP contribution in [0.1, 0.15) is 60.5 Å². The standard InChI is InChI=1S/C22H35NO4/c1-15(2)13-19(20(24)26-14-18-11-9-8-10-12-18)16(3)17(4)23-21(25)27-22(5,6)7/h8-12,15-17,19H,13-14H2,1-7H3,(H,23,25)/t16-,17+,19+/m0/s1. The molecule has 0 fully saturated rings. The van der Waals surface area contributed by atoms with Gasteiger partial charge in [-0.3, -0.25) is 4.79 Å². The minimum absolute atomic E-state index is 0.0804. The second-order valence-electron chi connectivity index (χ2n) is 8.62. The molecule has 0 saturated carbocycles. The lowest BCUT2D eigenvalue weighted by atomic mass is 9.82. The highest BCUT2D eigenvalue weighted by atomic mass is 16.6. The minimum atomic E-state index is -0.557. The number of alkyl carbamates (subject to hydrolysis) is 1. The van der Waals surface area contributed by atoms with Gasteiger partial charge < -0.3 is 14.8 Å². The summed E-state index contributed by atoms with van der Waals surface area (Å²) < 4.78 is 10.9. The van der Waals surface area contributed by atoms with Crippen molar-refractivity contribution in [3.05, 3.63) is 35.9 Å². The Morgan fingerprint density at radius 2 is 1.63 bits per heavy atom. The number of hydrogen-bond donors (Lipinski definition) is 1. The Bertz CT molecular complexity index is 592. The first-order valence-electron chi connectivity index (χ1n) is 9.69. The number of amides is 1. The van der Waals surface area contributed by atoms with E-state index in [-0.39, 0.29) is 30.5 Å². The number of benzene rings is 1. The van der Waals surface area contributed by atoms with Crippen molar-refractivity contribution in [3.8, 4) is 0 Å². The summed E-state index contributed by atoms with van der Waals surface area (Å²) in [5, 5.41) is 2.85. The smallest absolute Gasteiger partial charge is 0.407 e. The Morgan fingerprint density at radius 3 is 2.15 bits per heavy atom. The van der Waals surface area contributed by atoms with Gasteiger partial charge in [-0.05, 0) is 51.5 Å². The average molecular weight is 378 g/mol. The molecule has 0 aromatic heterocycles. The maximum absolute atomic E-state index is 12.7. The van der Waals surface area contributed by atoms with E-state index in [1.807, 2.05) is 65.0 Å². The van der Waals surface area contributed by atoms with E-state index in [0.717, 1.165) is 5.56 Å². The summed E-state index contributed by atoms with van der Waals surface area (Å²) in [6.45, 7) is 13.8. The molecular weight excluding hydrogens is 342 g/mol. The van der Waals surface area contributed by atoms with Crippen LogP contribution >= 0.6 is 0 Å². The van der Waals surface area contributed by atoms with E-state index in [0.29, 0.717) is 12.3 Å². The molecule has 0 spiro atoms. The number of rotatable bonds is 8. The fraction of sp³-hybridized carbons (Fsp3) is 0.636. The number of carbonyl (C=O) groups excluding carboxylic acids is 2. The lowest BCUT2D eigenvalue weighted by molar-refractivity contribution is -0.152. The number of esters is 1. The third kappa shape index (κ3) is 8.94. The van der Waals surface area contributed by atoms with Gasteiger partial charge in [0, 0.05) is 6.04 Å². The summed E-state index contributed by atoms with van der Waals surface area (Å²) >= 11 is 0. The normalized spacial score (nSPS) is 15.0. The van der Waals surface area contributed by atoms with E-state index in [2.05, 4.69) is 19.2 Å². The Morgan fingerprint density at radius 1 is 1.04 bits per heavy atom. The second kappa shape index (κ2) is 10.3. The van der Waals surface area contributed by atoms with E-state index in [9.17, 15) is 9.59 Å². The van der Waals surface area contributed by atoms with Crippen LogP contribution in [0.15, 0.2) is 30.3 Å². The van der Waals surface area contributed by atoms with Crippen LogP contribution in [-0.4, -0.2) is 23.7 Å². The third-order valence-corrected chi connectivity index (χ3v) is 4.42. The minimum Gasteiger partial charge on any atom is -0.461 e. The molecule has 0 aliphatic carbocycles. The predicted octanol–water partition coefficient (Wildman–Crippen LogP) is 4.94. The van der Waals surface area contributed by atoms with Crippen LogP contribution in [0.2, 0.25) is 0 Å². The van der Waals surface area contributed by atoms with Crippen molar-refractivity contribution in [2.45, 2.75) is 73.1 Å². The van der Waals surface area contributed by atoms with Gasteiger partial charge in [-0.2, -0.15) is 0 Å². The summed E-state index contributed by atoms with van der Waals surface area (Å²) in [5.41, 5.74) is 0.403. The first-order valence-corrected chi connectivity index (χ1v) is 9.69. The molecular formula is C22H35NO4. The molecule has 0 heterocycles. The molecule has 0 aliphatic rings. The van der Waals surface area contributed by atoms with Crippen molar-refractivity contribution in [1.29, 1.82) is 0 Å². The summed E-state index contributed by atoms with van der Waals surface area (Å²) in [6, 6.07) is 9.42. The molecule has 0 unspecified atom stereocenters. The molecule has 0 aliphatic heterocycles. The third-order valence-electron chi connectivity index (χ3n) is 4.42. The number of carbonyl (C=O) groups is 2. The van der Waals surface area contributed by atoms with Gasteiger partial charge in [-0.25, -0.2) is 4.79 Å². The molecule has 152 valence electrons. The van der Waals surface area contributed by atoms with E-state index in [4.69, 9.17) is 9.47 Å². The first-order chi connectivity index (χ1) is 12.5. The molecule has 0 saturated heterocycles. The van der Waals surface area contributed by atoms with Gasteiger partial charge in [-0.15, -0.1) is 0 Å². The molecule has 1 amide bonds. The Kier molecular flexibility index (Phi) is 8.80. The van der Waals surface area contributed by atoms with E-state index < -0.39 is 11.7 Å². The van der Waals surface area contributed by atoms with Crippen LogP contribution in [0.4, 0.5) is 4.79 Å². The molecule has 1 N–H and O–H groups in total. The van der Waals surface area contributed by atoms with Gasteiger partial charge in [0.2, 0.25) is 0 Å². The largest absolute Gasteiger partial charge is 0.461 e. The molecule has 0 bridgehead atoms. The lowest BCUT2D eigenvalue weighted by Crippen LogP contribution is -2.44. The lowest BCUT2D eigenvalue weighted by Gasteiger charge is -2.30. The molecule has 3 atom stereocenters. The fourth-order valence-corrected chi connectivity index (χ4v) is 2.84. The molecule has 1 rings (SSSR count). The molecule has 5 heteroatoms. The van der Waals surface area contributed by atoms with Gasteiger partial charge in [0.1, 0.15) is 12.2 Å². The molecule has 0 radical (unpaired) electrons. The maximum atomic E-state index is 12.7. The van der Waals surface area contributed by atoms with Crippen LogP contribution in [0, 0.1) is 17.8 Å². The zero-order valence-corrected chi connectivity index (χ0v) is 17.7. The van der Waals surface area contributed by atoms with E-state index >= 15 is 0 Å². The Balaban J connectivity index is 2.72. The first kappa shape index (κ1) is 23.0. The second-order valence-corrected chi connectivity index (χ2v) is 8.62. The average Bonchev–Trinajstić information content (AvgIpc) is 2.55. The van der Waals surface area contributed by atoms with Crippen molar-refractivity contribution < 1.29 is 19.1 Å². The topological polar surface area (TPSA) is 64.6 Å². The summed E-state index contributed by atoms with van der Waals surface area (Å²) in [5.74, 6) is -0.254. The zero-order chi connectivity index (χ0) is 20.6. The van der Waals surface area contributed by atoms with E-state index in [1.165, 1.54) is 0 Å². The predicted molar refractivity (Wildman–Crippen MR) is 107 cm³/mol. The van der Waals surface area contributed by atoms with Gasteiger partial charge in [0.15, 0.2) is 0 Å². The van der Waals surface area contributed by atoms with Gasteiger partial charge >= 0.3 is 12.1 Å². The molecule has 27 heavy (non-hydrogen) atoms. The summed E-state index contributed by atoms with van der Waals surface area (Å²) in [6.07, 6.45) is 0.234. The van der Waals surface area contributed by atoms with E-state index in [1.54, 1.807) is 0 Å². The molecule has 1 aromatic carbocycles. The van der Waals surface area contributed by atoms with Crippen LogP contribution in [0.25, 0.3) is 0 Å². The number of nitrogens with one attached hydrogen (secondary N) is 1. The van der Waals surface area contributed by atoms with Gasteiger partial charge in [0.05, 0.1) is 5.92 Å². The number of ether oxygens (including phenoxy) is 2. The Hall–Kier alpha value is -2.04. The van der Waals surface area contributed by atoms with Gasteiger partial charge in [0.25, 0.3) is 0 Å². The monoisotopic (exact) mass is 377 g/mol. The quantitative estimate of drug-likeness (QED) is 0.652. The van der Waals surface area contributed by atoms with Crippen molar-refractivity contribution in [2.75, 3.05) is 0 Å². The SMILES string of the molecule is CC(C)C[C@@H](C(=O)OCc1ccccc1)[C@@H](C)[C@@H](C)NC(=O)OC(C)(C)C. The van der Waals surface area contributed by atoms with Crippen molar-refractivity contribution in [2.24, 2.45) is 17.8 Å². The van der Waals surface area contributed by atoms with Crippen molar-refractivity contribution >= 4 is 12.1 Å². The highest BCUT2D eigenvalue weighted by molar-refractivity contribution is 5.73. The van der Waals surface area contributed by atoms with Crippen LogP contribution in [0.3, 0.4) is 0 Å². The Labute approximate surface area is 163 Å². The van der Waals surface area contributed by atoms with Crippen molar-refractivity contribution in [3.63, 3.8) is 0 Å². The maximum Gasteiger partial charge on any atom is 0.407 e. The summed E-state index contributed by atoms with van der Waals surface area (Å²) in [4.78, 5) is 24.8. The van der Waals surface area contributed by atoms with Crippen LogP contribution in [0.5, 0.6) is 0 Å². The molecule has 1 aromatic rings. The fourth-order valence-electron chi connectivity index (χ4n) is 2.84. The molecule has 5 nitrogen and oxygen atoms in total. The zero-order valence-electron chi connectivity index (χ0n) is 17.7. The summed E-state index contributed by atoms with van der Waals surface area (Å²) in [7, 11) is 0. The highest BCUT2D eigenvalue weighted by Gasteiger charge is 2.32. The van der Waals surface area contributed by atoms with Crippen LogP contribution < -0.4 is 5.32 Å². The van der Waals surface area contributed by atoms with Gasteiger partial charge in [-0.1, -0.05) is 51.1 Å². The van der Waals surface area contributed by atoms with Crippen molar-refractivity contribution in [1.82, 2.24) is 5.32 Å². The highest BCUT2D eigenvalue weighted by Crippen LogP contribution is 2.25.